The van der Waals surface area contributed by atoms with Gasteiger partial charge in [0.25, 0.3) is 6.79 Å². The Kier molecular flexibility index (Phi) is 43.5. The Balaban J connectivity index is 0.000000177. The van der Waals surface area contributed by atoms with Crippen molar-refractivity contribution in [2.45, 2.75) is 0 Å². The van der Waals surface area contributed by atoms with Crippen molar-refractivity contribution in [3.63, 3.8) is 0 Å². The van der Waals surface area contributed by atoms with E-state index in [1.807, 2.05) is 0 Å². The summed E-state index contributed by atoms with van der Waals surface area (Å²) in [5.41, 5.74) is 0. The second-order valence-electron chi connectivity index (χ2n) is 26.1. The molecule has 0 bridgehead atoms. The van der Waals surface area contributed by atoms with Gasteiger partial charge in [-0.15, -0.1) is 0 Å². The van der Waals surface area contributed by atoms with E-state index in [9.17, 15) is 0 Å². The van der Waals surface area contributed by atoms with Crippen molar-refractivity contribution in [2.24, 2.45) is 0 Å². The summed E-state index contributed by atoms with van der Waals surface area (Å²) in [6.45, 7) is 4.50. The molecule has 0 spiro atoms. The summed E-state index contributed by atoms with van der Waals surface area (Å²) in [4.78, 5) is 7.50. The molecule has 0 unspecified atom stereocenters. The largest absolute Gasteiger partial charge is 3.00 e. The van der Waals surface area contributed by atoms with Gasteiger partial charge in [-0.25, -0.2) is 0 Å². The molecule has 0 saturated carbocycles. The Morgan fingerprint density at radius 1 is 0.100 bits per heavy atom. The fourth-order valence-corrected chi connectivity index (χ4v) is 26.9. The Morgan fingerprint density at radius 3 is 0.183 bits per heavy atom. The van der Waals surface area contributed by atoms with Crippen LogP contribution in [-0.4, -0.2) is 6.79 Å². The van der Waals surface area contributed by atoms with Crippen molar-refractivity contribution >= 4 is 150 Å². The van der Waals surface area contributed by atoms with Crippen LogP contribution in [0.5, 0.6) is 0 Å². The van der Waals surface area contributed by atoms with Crippen LogP contribution in [0.1, 0.15) is 0 Å². The molecule has 11 heteroatoms. The Bertz CT molecular complexity index is 4120. The minimum atomic E-state index is -0.446. The van der Waals surface area contributed by atoms with Crippen molar-refractivity contribution in [1.29, 1.82) is 0 Å². The van der Waals surface area contributed by atoms with E-state index in [0.29, 0.717) is 0 Å². The van der Waals surface area contributed by atoms with E-state index in [4.69, 9.17) is 4.79 Å². The van der Waals surface area contributed by atoms with E-state index in [1.165, 1.54) is 95.5 Å². The van der Waals surface area contributed by atoms with Crippen LogP contribution in [0.25, 0.3) is 0 Å². The molecule has 0 aliphatic heterocycles. The first-order valence-corrected chi connectivity index (χ1v) is 46.7. The third kappa shape index (κ3) is 29.0. The Hall–Kier alpha value is -10.3. The van der Waals surface area contributed by atoms with Crippen LogP contribution in [0.2, 0.25) is 0 Å². The van der Waals surface area contributed by atoms with E-state index >= 15 is 0 Å². The Morgan fingerprint density at radius 2 is 0.142 bits per heavy atom. The second-order valence-corrected chi connectivity index (χ2v) is 39.4. The van der Waals surface area contributed by atoms with Gasteiger partial charge in [0.1, 0.15) is 0 Å². The van der Waals surface area contributed by atoms with Crippen molar-refractivity contribution < 1.29 is 61.5 Å². The summed E-state index contributed by atoms with van der Waals surface area (Å²) in [6.07, 6.45) is 0. The molecule has 18 rings (SSSR count). The van der Waals surface area contributed by atoms with Crippen LogP contribution in [0.4, 0.5) is 0 Å². The molecule has 0 aromatic heterocycles. The zero-order chi connectivity index (χ0) is 79.5. The number of halogens is 3. The topological polar surface area (TPSA) is 17.1 Å². The Labute approximate surface area is 750 Å². The number of rotatable bonds is 18. The average Bonchev–Trinajstić information content (AvgIpc) is 0.853. The molecule has 0 aliphatic rings. The number of hydrogen-bond donors (Lipinski definition) is 0. The van der Waals surface area contributed by atoms with Gasteiger partial charge in [-0.1, -0.05) is 546 Å². The van der Waals surface area contributed by atoms with Gasteiger partial charge >= 0.3 is 19.5 Å². The van der Waals surface area contributed by atoms with Crippen LogP contribution in [0.15, 0.2) is 546 Å². The van der Waals surface area contributed by atoms with E-state index < -0.39 is 47.5 Å². The fourth-order valence-electron chi connectivity index (χ4n) is 13.1. The maximum atomic E-state index is 7.50. The predicted molar refractivity (Wildman–Crippen MR) is 517 cm³/mol. The summed E-state index contributed by atoms with van der Waals surface area (Å²) >= 11 is 0. The van der Waals surface area contributed by atoms with E-state index in [1.54, 1.807) is 0 Å². The number of hydrogen-bond acceptors (Lipinski definition) is 1. The molecule has 18 aromatic carbocycles. The van der Waals surface area contributed by atoms with Gasteiger partial charge in [-0.05, 0) is 143 Å². The zero-order valence-corrected chi connectivity index (χ0v) is 75.3. The first kappa shape index (κ1) is 95.2. The van der Waals surface area contributed by atoms with Crippen molar-refractivity contribution in [3.05, 3.63) is 546 Å². The van der Waals surface area contributed by atoms with Crippen LogP contribution in [-0.2, 0) is 24.3 Å². The predicted octanol–water partition coefficient (Wildman–Crippen LogP) is 11.3. The van der Waals surface area contributed by atoms with Gasteiger partial charge in [-0.3, -0.25) is 4.79 Å². The van der Waals surface area contributed by atoms with Gasteiger partial charge in [-0.2, -0.15) is 0 Å². The molecule has 2 radical (unpaired) electrons. The molecule has 0 heterocycles. The first-order valence-electron chi connectivity index (χ1n) is 38.6. The van der Waals surface area contributed by atoms with Gasteiger partial charge in [0, 0.05) is 0 Å². The maximum absolute atomic E-state index is 7.50. The van der Waals surface area contributed by atoms with Gasteiger partial charge in [0.2, 0.25) is 0 Å². The molecule has 592 valence electrons. The zero-order valence-electron chi connectivity index (χ0n) is 66.0. The van der Waals surface area contributed by atoms with Gasteiger partial charge in [0.15, 0.2) is 0 Å². The van der Waals surface area contributed by atoms with Crippen LogP contribution < -0.4 is 133 Å². The monoisotopic (exact) mass is 1810 g/mol. The second kappa shape index (κ2) is 54.8. The molecule has 18 aromatic rings. The van der Waals surface area contributed by atoms with Crippen molar-refractivity contribution in [1.82, 2.24) is 0 Å². The van der Waals surface area contributed by atoms with E-state index in [0.717, 1.165) is 0 Å². The average molecular weight is 1810 g/mol. The smallest absolute Gasteiger partial charge is 1.00 e. The normalized spacial score (nSPS) is 10.1. The minimum absolute atomic E-state index is 0. The summed E-state index contributed by atoms with van der Waals surface area (Å²) in [7, 11) is -2.68. The standard InChI is InChI=1S/6C18H15P.CO.3ClH.Rh/c6*1-4-10-16(11-5-1)19(17-12-6-2-7-13-17)18-14-8-3-9-15-18;1-2;;;;/h6*1-15H;;3*1H;/q;;;;;;;;;;+3/p-3. The SMILES string of the molecule is [C]=O.[Cl-].[Cl-].[Cl-].[Rh+3].c1ccc(P(c2ccccc2)c2ccccc2)cc1.c1ccc(P(c2ccccc2)c2ccccc2)cc1.c1ccc(P(c2ccccc2)c2ccccc2)cc1.c1ccc(P(c2ccccc2)c2ccccc2)cc1.c1ccc(P(c2ccccc2)c2ccccc2)cc1.c1ccc(P(c2ccccc2)c2ccccc2)cc1. The van der Waals surface area contributed by atoms with Crippen molar-refractivity contribution in [3.8, 4) is 0 Å². The van der Waals surface area contributed by atoms with Crippen LogP contribution >= 0.6 is 47.5 Å². The number of benzene rings is 18. The first-order chi connectivity index (χ1) is 57.7. The summed E-state index contributed by atoms with van der Waals surface area (Å²) < 4.78 is 0. The van der Waals surface area contributed by atoms with E-state index in [-0.39, 0.29) is 56.7 Å². The third-order valence-corrected chi connectivity index (χ3v) is 32.9. The molecule has 0 saturated heterocycles. The molecule has 0 N–H and O–H groups in total. The van der Waals surface area contributed by atoms with Gasteiger partial charge in [0.05, 0.1) is 0 Å². The molecule has 0 aliphatic carbocycles. The summed E-state index contributed by atoms with van der Waals surface area (Å²) in [5.74, 6) is 0. The van der Waals surface area contributed by atoms with Gasteiger partial charge < -0.3 is 37.2 Å². The molecule has 120 heavy (non-hydrogen) atoms. The fraction of sp³-hybridized carbons (Fsp3) is 0. The molecular formula is C109H90Cl3OP6Rh. The van der Waals surface area contributed by atoms with Crippen LogP contribution in [0.3, 0.4) is 0 Å². The molecule has 0 fully saturated rings. The van der Waals surface area contributed by atoms with Crippen molar-refractivity contribution in [2.75, 3.05) is 0 Å². The minimum Gasteiger partial charge on any atom is -1.00 e. The molecule has 0 amide bonds. The summed E-state index contributed by atoms with van der Waals surface area (Å²) in [5, 5.41) is 25.2. The third-order valence-electron chi connectivity index (χ3n) is 18.3. The van der Waals surface area contributed by atoms with Crippen LogP contribution in [0, 0.1) is 0 Å². The number of carbonyl (C=O) groups excluding carboxylic acids is 1. The molecular weight excluding hydrogens is 1720 g/mol. The summed E-state index contributed by atoms with van der Waals surface area (Å²) in [6, 6.07) is 194. The quantitative estimate of drug-likeness (QED) is 0.0618. The molecule has 1 nitrogen and oxygen atoms in total. The maximum Gasteiger partial charge on any atom is 3.00 e. The van der Waals surface area contributed by atoms with E-state index in [2.05, 4.69) is 553 Å². The molecule has 0 atom stereocenters.